The number of anilines is 2. The van der Waals surface area contributed by atoms with Gasteiger partial charge in [-0.3, -0.25) is 4.79 Å². The smallest absolute Gasteiger partial charge is 0.255 e. The summed E-state index contributed by atoms with van der Waals surface area (Å²) >= 11 is 0. The number of hydrogen-bond donors (Lipinski definition) is 2. The van der Waals surface area contributed by atoms with Crippen LogP contribution < -0.4 is 10.6 Å². The number of aromatic nitrogens is 1. The Morgan fingerprint density at radius 3 is 2.76 bits per heavy atom. The predicted molar refractivity (Wildman–Crippen MR) is 77.4 cm³/mol. The number of carbonyl (C=O) groups excluding carboxylic acids is 1. The van der Waals surface area contributed by atoms with Gasteiger partial charge in [-0.2, -0.15) is 0 Å². The molecular formula is C15H15F2N3O. The molecule has 1 amide bonds. The second-order valence-electron chi connectivity index (χ2n) is 4.47. The van der Waals surface area contributed by atoms with Crippen LogP contribution in [0.3, 0.4) is 0 Å². The van der Waals surface area contributed by atoms with Crippen molar-refractivity contribution >= 4 is 17.4 Å². The van der Waals surface area contributed by atoms with Crippen molar-refractivity contribution in [1.29, 1.82) is 0 Å². The van der Waals surface area contributed by atoms with E-state index in [2.05, 4.69) is 15.6 Å². The van der Waals surface area contributed by atoms with Crippen LogP contribution in [0.4, 0.5) is 20.3 Å². The minimum atomic E-state index is -1.08. The van der Waals surface area contributed by atoms with E-state index in [0.717, 1.165) is 6.07 Å². The molecule has 0 unspecified atom stereocenters. The van der Waals surface area contributed by atoms with Gasteiger partial charge in [-0.05, 0) is 38.1 Å². The molecule has 0 aliphatic carbocycles. The van der Waals surface area contributed by atoms with E-state index in [-0.39, 0.29) is 5.69 Å². The lowest BCUT2D eigenvalue weighted by Gasteiger charge is -2.09. The highest BCUT2D eigenvalue weighted by Gasteiger charge is 2.13. The number of hydrogen-bond acceptors (Lipinski definition) is 3. The van der Waals surface area contributed by atoms with Crippen molar-refractivity contribution in [2.24, 2.45) is 0 Å². The highest BCUT2D eigenvalue weighted by atomic mass is 19.2. The average molecular weight is 291 g/mol. The van der Waals surface area contributed by atoms with E-state index in [1.807, 2.05) is 6.92 Å². The fourth-order valence-electron chi connectivity index (χ4n) is 1.87. The summed E-state index contributed by atoms with van der Waals surface area (Å²) in [6.07, 6.45) is 0. The maximum absolute atomic E-state index is 13.5. The Labute approximate surface area is 121 Å². The standard InChI is InChI=1S/C15H15F2N3O/c1-3-18-13-8-10(7-9(2)19-13)15(21)20-12-6-4-5-11(16)14(12)17/h4-8H,3H2,1-2H3,(H,18,19)(H,20,21). The lowest BCUT2D eigenvalue weighted by atomic mass is 10.2. The first-order valence-electron chi connectivity index (χ1n) is 6.49. The van der Waals surface area contributed by atoms with E-state index >= 15 is 0 Å². The van der Waals surface area contributed by atoms with Crippen LogP contribution in [0.25, 0.3) is 0 Å². The van der Waals surface area contributed by atoms with E-state index in [9.17, 15) is 13.6 Å². The minimum Gasteiger partial charge on any atom is -0.370 e. The number of benzene rings is 1. The van der Waals surface area contributed by atoms with Crippen molar-refractivity contribution in [2.45, 2.75) is 13.8 Å². The SMILES string of the molecule is CCNc1cc(C(=O)Nc2cccc(F)c2F)cc(C)n1. The Bertz CT molecular complexity index is 674. The van der Waals surface area contributed by atoms with Crippen LogP contribution in [-0.4, -0.2) is 17.4 Å². The Hall–Kier alpha value is -2.50. The van der Waals surface area contributed by atoms with Gasteiger partial charge in [0.15, 0.2) is 11.6 Å². The molecule has 2 N–H and O–H groups in total. The molecule has 0 radical (unpaired) electrons. The third-order valence-corrected chi connectivity index (χ3v) is 2.77. The first kappa shape index (κ1) is 14.9. The zero-order valence-electron chi connectivity index (χ0n) is 11.7. The predicted octanol–water partition coefficient (Wildman–Crippen LogP) is 3.35. The number of nitrogens with one attached hydrogen (secondary N) is 2. The first-order valence-corrected chi connectivity index (χ1v) is 6.49. The van der Waals surface area contributed by atoms with Crippen LogP contribution >= 0.6 is 0 Å². The van der Waals surface area contributed by atoms with Gasteiger partial charge in [0.05, 0.1) is 5.69 Å². The molecule has 0 spiro atoms. The summed E-state index contributed by atoms with van der Waals surface area (Å²) in [5, 5.41) is 5.36. The summed E-state index contributed by atoms with van der Waals surface area (Å²) in [5.41, 5.74) is 0.778. The molecule has 0 saturated heterocycles. The summed E-state index contributed by atoms with van der Waals surface area (Å²) in [5.74, 6) is -2.05. The molecule has 1 heterocycles. The molecule has 2 rings (SSSR count). The van der Waals surface area contributed by atoms with E-state index in [1.54, 1.807) is 19.1 Å². The molecule has 6 heteroatoms. The summed E-state index contributed by atoms with van der Waals surface area (Å²) < 4.78 is 26.7. The highest BCUT2D eigenvalue weighted by molar-refractivity contribution is 6.04. The lowest BCUT2D eigenvalue weighted by molar-refractivity contribution is 0.102. The van der Waals surface area contributed by atoms with Crippen molar-refractivity contribution in [3.63, 3.8) is 0 Å². The maximum atomic E-state index is 13.5. The summed E-state index contributed by atoms with van der Waals surface area (Å²) in [6.45, 7) is 4.32. The van der Waals surface area contributed by atoms with Crippen molar-refractivity contribution in [2.75, 3.05) is 17.2 Å². The van der Waals surface area contributed by atoms with Gasteiger partial charge in [0.1, 0.15) is 5.82 Å². The topological polar surface area (TPSA) is 54.0 Å². The number of rotatable bonds is 4. The molecule has 4 nitrogen and oxygen atoms in total. The average Bonchev–Trinajstić information content (AvgIpc) is 2.43. The molecule has 110 valence electrons. The first-order chi connectivity index (χ1) is 10.0. The van der Waals surface area contributed by atoms with Crippen molar-refractivity contribution in [3.8, 4) is 0 Å². The Morgan fingerprint density at radius 2 is 2.05 bits per heavy atom. The van der Waals surface area contributed by atoms with Gasteiger partial charge in [-0.1, -0.05) is 6.07 Å². The monoisotopic (exact) mass is 291 g/mol. The molecule has 0 aliphatic rings. The van der Waals surface area contributed by atoms with Crippen LogP contribution in [0.5, 0.6) is 0 Å². The van der Waals surface area contributed by atoms with Crippen LogP contribution in [0.2, 0.25) is 0 Å². The van der Waals surface area contributed by atoms with Crippen molar-refractivity contribution in [1.82, 2.24) is 4.98 Å². The molecule has 0 fully saturated rings. The number of amides is 1. The second-order valence-corrected chi connectivity index (χ2v) is 4.47. The molecule has 0 bridgehead atoms. The molecule has 0 atom stereocenters. The van der Waals surface area contributed by atoms with E-state index in [0.29, 0.717) is 23.6 Å². The minimum absolute atomic E-state index is 0.195. The number of aryl methyl sites for hydroxylation is 1. The summed E-state index contributed by atoms with van der Waals surface area (Å²) in [6, 6.07) is 6.76. The van der Waals surface area contributed by atoms with Gasteiger partial charge >= 0.3 is 0 Å². The van der Waals surface area contributed by atoms with Crippen LogP contribution in [0.1, 0.15) is 23.0 Å². The molecule has 2 aromatic rings. The van der Waals surface area contributed by atoms with Gasteiger partial charge in [0.25, 0.3) is 5.91 Å². The zero-order chi connectivity index (χ0) is 15.4. The van der Waals surface area contributed by atoms with Crippen molar-refractivity contribution in [3.05, 3.63) is 53.2 Å². The quantitative estimate of drug-likeness (QED) is 0.908. The van der Waals surface area contributed by atoms with Crippen molar-refractivity contribution < 1.29 is 13.6 Å². The fourth-order valence-corrected chi connectivity index (χ4v) is 1.87. The molecule has 21 heavy (non-hydrogen) atoms. The number of halogens is 2. The Balaban J connectivity index is 2.26. The van der Waals surface area contributed by atoms with Crippen LogP contribution in [0.15, 0.2) is 30.3 Å². The summed E-state index contributed by atoms with van der Waals surface area (Å²) in [7, 11) is 0. The molecule has 1 aromatic carbocycles. The second kappa shape index (κ2) is 6.30. The van der Waals surface area contributed by atoms with E-state index < -0.39 is 17.5 Å². The zero-order valence-corrected chi connectivity index (χ0v) is 11.7. The van der Waals surface area contributed by atoms with Gasteiger partial charge in [0, 0.05) is 17.8 Å². The van der Waals surface area contributed by atoms with Gasteiger partial charge in [0.2, 0.25) is 0 Å². The number of pyridine rings is 1. The molecule has 0 aliphatic heterocycles. The molecule has 0 saturated carbocycles. The van der Waals surface area contributed by atoms with E-state index in [1.165, 1.54) is 12.1 Å². The van der Waals surface area contributed by atoms with E-state index in [4.69, 9.17) is 0 Å². The Morgan fingerprint density at radius 1 is 1.29 bits per heavy atom. The van der Waals surface area contributed by atoms with Gasteiger partial charge in [-0.15, -0.1) is 0 Å². The normalized spacial score (nSPS) is 10.3. The van der Waals surface area contributed by atoms with Gasteiger partial charge < -0.3 is 10.6 Å². The Kier molecular flexibility index (Phi) is 4.47. The lowest BCUT2D eigenvalue weighted by Crippen LogP contribution is -2.14. The largest absolute Gasteiger partial charge is 0.370 e. The molecular weight excluding hydrogens is 276 g/mol. The number of nitrogens with zero attached hydrogens (tertiary/aromatic N) is 1. The van der Waals surface area contributed by atoms with Gasteiger partial charge in [-0.25, -0.2) is 13.8 Å². The third-order valence-electron chi connectivity index (χ3n) is 2.77. The third kappa shape index (κ3) is 3.53. The molecule has 1 aromatic heterocycles. The van der Waals surface area contributed by atoms with Crippen LogP contribution in [-0.2, 0) is 0 Å². The fraction of sp³-hybridized carbons (Fsp3) is 0.200. The number of carbonyl (C=O) groups is 1. The van der Waals surface area contributed by atoms with Crippen LogP contribution in [0, 0.1) is 18.6 Å². The summed E-state index contributed by atoms with van der Waals surface area (Å²) in [4.78, 5) is 16.4. The highest BCUT2D eigenvalue weighted by Crippen LogP contribution is 2.18. The maximum Gasteiger partial charge on any atom is 0.255 e.